The van der Waals surface area contributed by atoms with Crippen LogP contribution in [0.4, 0.5) is 0 Å². The molecule has 0 aromatic heterocycles. The molecule has 0 amide bonds. The minimum atomic E-state index is 0.778. The molecule has 112 valence electrons. The van der Waals surface area contributed by atoms with E-state index < -0.39 is 0 Å². The topological polar surface area (TPSA) is 15.3 Å². The zero-order chi connectivity index (χ0) is 13.7. The van der Waals surface area contributed by atoms with Crippen LogP contribution in [0, 0.1) is 11.8 Å². The summed E-state index contributed by atoms with van der Waals surface area (Å²) in [4.78, 5) is 2.82. The van der Waals surface area contributed by atoms with Gasteiger partial charge in [-0.3, -0.25) is 0 Å². The van der Waals surface area contributed by atoms with Crippen LogP contribution in [0.3, 0.4) is 0 Å². The third-order valence-corrected chi connectivity index (χ3v) is 5.40. The lowest BCUT2D eigenvalue weighted by molar-refractivity contribution is 0.0869. The summed E-state index contributed by atoms with van der Waals surface area (Å²) in [5, 5.41) is 3.75. The van der Waals surface area contributed by atoms with Gasteiger partial charge in [-0.2, -0.15) is 0 Å². The first-order valence-electron chi connectivity index (χ1n) is 8.72. The summed E-state index contributed by atoms with van der Waals surface area (Å²) in [5.41, 5.74) is 0. The van der Waals surface area contributed by atoms with Crippen LogP contribution >= 0.6 is 0 Å². The maximum Gasteiger partial charge on any atom is 0.0108 e. The van der Waals surface area contributed by atoms with Gasteiger partial charge in [0.15, 0.2) is 0 Å². The summed E-state index contributed by atoms with van der Waals surface area (Å²) in [6, 6.07) is 1.65. The van der Waals surface area contributed by atoms with E-state index in [1.54, 1.807) is 0 Å². The van der Waals surface area contributed by atoms with Gasteiger partial charge in [-0.1, -0.05) is 27.2 Å². The fraction of sp³-hybridized carbons (Fsp3) is 1.00. The Labute approximate surface area is 120 Å². The third kappa shape index (κ3) is 4.19. The molecule has 2 rings (SSSR count). The minimum Gasteiger partial charge on any atom is -0.314 e. The third-order valence-electron chi connectivity index (χ3n) is 5.40. The van der Waals surface area contributed by atoms with E-state index in [0.717, 1.165) is 30.5 Å². The highest BCUT2D eigenvalue weighted by molar-refractivity contribution is 4.87. The molecule has 1 N–H and O–H groups in total. The molecule has 0 radical (unpaired) electrons. The van der Waals surface area contributed by atoms with Gasteiger partial charge in [0.25, 0.3) is 0 Å². The molecule has 1 saturated heterocycles. The van der Waals surface area contributed by atoms with Crippen LogP contribution in [-0.4, -0.2) is 36.6 Å². The molecule has 4 unspecified atom stereocenters. The van der Waals surface area contributed by atoms with Crippen LogP contribution in [0.5, 0.6) is 0 Å². The van der Waals surface area contributed by atoms with Gasteiger partial charge in [0, 0.05) is 18.6 Å². The molecule has 0 bridgehead atoms. The molecular weight excluding hydrogens is 232 g/mol. The average molecular weight is 266 g/mol. The Kier molecular flexibility index (Phi) is 6.15. The molecule has 1 heterocycles. The first kappa shape index (κ1) is 15.3. The molecule has 1 aliphatic heterocycles. The summed E-state index contributed by atoms with van der Waals surface area (Å²) in [7, 11) is 0. The maximum absolute atomic E-state index is 3.75. The van der Waals surface area contributed by atoms with E-state index >= 15 is 0 Å². The normalized spacial score (nSPS) is 37.4. The first-order valence-corrected chi connectivity index (χ1v) is 8.72. The lowest BCUT2D eigenvalue weighted by atomic mass is 9.78. The Morgan fingerprint density at radius 2 is 1.95 bits per heavy atom. The molecule has 0 spiro atoms. The number of likely N-dealkylation sites (tertiary alicyclic amines) is 1. The number of piperidine rings is 1. The second kappa shape index (κ2) is 7.64. The number of nitrogens with zero attached hydrogens (tertiary/aromatic N) is 1. The summed E-state index contributed by atoms with van der Waals surface area (Å²) < 4.78 is 0. The molecule has 2 nitrogen and oxygen atoms in total. The Morgan fingerprint density at radius 1 is 1.11 bits per heavy atom. The molecule has 1 aliphatic carbocycles. The second-order valence-electron chi connectivity index (χ2n) is 6.90. The molecule has 4 atom stereocenters. The van der Waals surface area contributed by atoms with Crippen molar-refractivity contribution >= 4 is 0 Å². The predicted octanol–water partition coefficient (Wildman–Crippen LogP) is 3.67. The largest absolute Gasteiger partial charge is 0.314 e. The van der Waals surface area contributed by atoms with Crippen LogP contribution in [0.25, 0.3) is 0 Å². The molecule has 2 fully saturated rings. The van der Waals surface area contributed by atoms with Crippen molar-refractivity contribution in [2.24, 2.45) is 11.8 Å². The van der Waals surface area contributed by atoms with Crippen molar-refractivity contribution in [1.29, 1.82) is 0 Å². The van der Waals surface area contributed by atoms with Crippen LogP contribution in [0.1, 0.15) is 65.7 Å². The highest BCUT2D eigenvalue weighted by Crippen LogP contribution is 2.31. The number of hydrogen-bond donors (Lipinski definition) is 1. The summed E-state index contributed by atoms with van der Waals surface area (Å²) >= 11 is 0. The molecule has 1 saturated carbocycles. The van der Waals surface area contributed by atoms with Crippen molar-refractivity contribution in [3.63, 3.8) is 0 Å². The van der Waals surface area contributed by atoms with Gasteiger partial charge < -0.3 is 10.2 Å². The summed E-state index contributed by atoms with van der Waals surface area (Å²) in [5.74, 6) is 1.82. The van der Waals surface area contributed by atoms with Crippen molar-refractivity contribution in [2.45, 2.75) is 77.8 Å². The fourth-order valence-corrected chi connectivity index (χ4v) is 4.30. The second-order valence-corrected chi connectivity index (χ2v) is 6.90. The zero-order valence-electron chi connectivity index (χ0n) is 13.3. The maximum atomic E-state index is 3.75. The molecule has 19 heavy (non-hydrogen) atoms. The Balaban J connectivity index is 1.92. The van der Waals surface area contributed by atoms with E-state index in [-0.39, 0.29) is 0 Å². The minimum absolute atomic E-state index is 0.778. The predicted molar refractivity (Wildman–Crippen MR) is 83.5 cm³/mol. The smallest absolute Gasteiger partial charge is 0.0108 e. The van der Waals surface area contributed by atoms with Crippen LogP contribution < -0.4 is 5.32 Å². The van der Waals surface area contributed by atoms with Gasteiger partial charge in [-0.25, -0.2) is 0 Å². The van der Waals surface area contributed by atoms with Gasteiger partial charge in [-0.05, 0) is 63.5 Å². The Morgan fingerprint density at radius 3 is 2.68 bits per heavy atom. The first-order chi connectivity index (χ1) is 9.24. The molecule has 0 aromatic rings. The monoisotopic (exact) mass is 266 g/mol. The standard InChI is InChI=1S/C17H34N2/c1-4-16-8-6-7-11-19(16)13-15-12-14(3)9-10-17(15)18-5-2/h14-18H,4-13H2,1-3H3. The Hall–Kier alpha value is -0.0800. The van der Waals surface area contributed by atoms with E-state index in [0.29, 0.717) is 0 Å². The van der Waals surface area contributed by atoms with E-state index in [9.17, 15) is 0 Å². The number of rotatable bonds is 5. The van der Waals surface area contributed by atoms with E-state index in [1.807, 2.05) is 0 Å². The molecular formula is C17H34N2. The average Bonchev–Trinajstić information content (AvgIpc) is 2.42. The molecule has 2 aliphatic rings. The summed E-state index contributed by atoms with van der Waals surface area (Å²) in [6.45, 7) is 10.9. The van der Waals surface area contributed by atoms with Crippen molar-refractivity contribution in [3.05, 3.63) is 0 Å². The quantitative estimate of drug-likeness (QED) is 0.817. The van der Waals surface area contributed by atoms with Gasteiger partial charge in [0.1, 0.15) is 0 Å². The lowest BCUT2D eigenvalue weighted by Gasteiger charge is -2.42. The van der Waals surface area contributed by atoms with Gasteiger partial charge in [0.05, 0.1) is 0 Å². The highest BCUT2D eigenvalue weighted by Gasteiger charge is 2.31. The van der Waals surface area contributed by atoms with E-state index in [1.165, 1.54) is 58.0 Å². The van der Waals surface area contributed by atoms with Crippen LogP contribution in [-0.2, 0) is 0 Å². The van der Waals surface area contributed by atoms with Gasteiger partial charge >= 0.3 is 0 Å². The highest BCUT2D eigenvalue weighted by atomic mass is 15.2. The SMILES string of the molecule is CCNC1CCC(C)CC1CN1CCCCC1CC. The van der Waals surface area contributed by atoms with Crippen molar-refractivity contribution < 1.29 is 0 Å². The van der Waals surface area contributed by atoms with Crippen LogP contribution in [0.15, 0.2) is 0 Å². The van der Waals surface area contributed by atoms with E-state index in [2.05, 4.69) is 31.0 Å². The number of hydrogen-bond acceptors (Lipinski definition) is 2. The van der Waals surface area contributed by atoms with E-state index in [4.69, 9.17) is 0 Å². The fourth-order valence-electron chi connectivity index (χ4n) is 4.30. The zero-order valence-corrected chi connectivity index (χ0v) is 13.3. The van der Waals surface area contributed by atoms with Crippen LogP contribution in [0.2, 0.25) is 0 Å². The van der Waals surface area contributed by atoms with Gasteiger partial charge in [0.2, 0.25) is 0 Å². The van der Waals surface area contributed by atoms with Crippen molar-refractivity contribution in [1.82, 2.24) is 10.2 Å². The Bertz CT molecular complexity index is 254. The number of nitrogens with one attached hydrogen (secondary N) is 1. The molecule has 2 heteroatoms. The summed E-state index contributed by atoms with van der Waals surface area (Å²) in [6.07, 6.45) is 9.90. The molecule has 0 aromatic carbocycles. The van der Waals surface area contributed by atoms with Gasteiger partial charge in [-0.15, -0.1) is 0 Å². The van der Waals surface area contributed by atoms with Crippen molar-refractivity contribution in [3.8, 4) is 0 Å². The lowest BCUT2D eigenvalue weighted by Crippen LogP contribution is -2.49. The van der Waals surface area contributed by atoms with Crippen molar-refractivity contribution in [2.75, 3.05) is 19.6 Å².